The average Bonchev–Trinajstić information content (AvgIpc) is 2.86. The first-order valence-corrected chi connectivity index (χ1v) is 8.38. The summed E-state index contributed by atoms with van der Waals surface area (Å²) in [7, 11) is 1.40. The number of methoxy groups -OCH3 is 1. The predicted molar refractivity (Wildman–Crippen MR) is 95.1 cm³/mol. The van der Waals surface area contributed by atoms with Crippen molar-refractivity contribution in [2.24, 2.45) is 0 Å². The smallest absolute Gasteiger partial charge is 0.325 e. The second kappa shape index (κ2) is 7.81. The van der Waals surface area contributed by atoms with Crippen molar-refractivity contribution >= 4 is 17.6 Å². The number of hydrogen-bond acceptors (Lipinski definition) is 4. The molecule has 130 valence electrons. The lowest BCUT2D eigenvalue weighted by atomic mass is 9.99. The molecule has 1 aromatic carbocycles. The molecule has 24 heavy (non-hydrogen) atoms. The molecule has 0 saturated heterocycles. The second-order valence-electron chi connectivity index (χ2n) is 6.03. The van der Waals surface area contributed by atoms with E-state index in [2.05, 4.69) is 10.4 Å². The van der Waals surface area contributed by atoms with Gasteiger partial charge in [0.15, 0.2) is 0 Å². The Balaban J connectivity index is 2.16. The van der Waals surface area contributed by atoms with Crippen molar-refractivity contribution in [2.75, 3.05) is 7.11 Å². The SMILES string of the molecule is CCC(C)(NCc1c(C)nn(Cc2ccccc2)c1Cl)C(=O)OC. The molecule has 2 aromatic rings. The van der Waals surface area contributed by atoms with Crippen LogP contribution >= 0.6 is 11.6 Å². The van der Waals surface area contributed by atoms with Crippen LogP contribution in [0.3, 0.4) is 0 Å². The van der Waals surface area contributed by atoms with Gasteiger partial charge in [0.25, 0.3) is 0 Å². The fraction of sp³-hybridized carbons (Fsp3) is 0.444. The minimum atomic E-state index is -0.744. The molecule has 5 nitrogen and oxygen atoms in total. The van der Waals surface area contributed by atoms with E-state index in [4.69, 9.17) is 16.3 Å². The zero-order valence-corrected chi connectivity index (χ0v) is 15.4. The first kappa shape index (κ1) is 18.5. The Kier molecular flexibility index (Phi) is 6.02. The zero-order valence-electron chi connectivity index (χ0n) is 14.6. The van der Waals surface area contributed by atoms with Gasteiger partial charge in [0.2, 0.25) is 0 Å². The summed E-state index contributed by atoms with van der Waals surface area (Å²) in [5.74, 6) is -0.282. The first-order valence-electron chi connectivity index (χ1n) is 8.00. The molecular weight excluding hydrogens is 326 g/mol. The fourth-order valence-corrected chi connectivity index (χ4v) is 2.80. The fourth-order valence-electron chi connectivity index (χ4n) is 2.50. The molecule has 1 N–H and O–H groups in total. The topological polar surface area (TPSA) is 56.2 Å². The average molecular weight is 350 g/mol. The zero-order chi connectivity index (χ0) is 17.7. The van der Waals surface area contributed by atoms with Gasteiger partial charge < -0.3 is 4.74 Å². The molecule has 0 saturated carbocycles. The number of hydrogen-bond donors (Lipinski definition) is 1. The van der Waals surface area contributed by atoms with Crippen LogP contribution in [0.1, 0.15) is 37.1 Å². The van der Waals surface area contributed by atoms with Gasteiger partial charge in [-0.25, -0.2) is 4.68 Å². The molecule has 0 spiro atoms. The Hall–Kier alpha value is -1.85. The number of halogens is 1. The van der Waals surface area contributed by atoms with E-state index in [9.17, 15) is 4.79 Å². The maximum absolute atomic E-state index is 12.0. The van der Waals surface area contributed by atoms with Crippen LogP contribution in [0.2, 0.25) is 5.15 Å². The van der Waals surface area contributed by atoms with Gasteiger partial charge in [-0.1, -0.05) is 48.9 Å². The Morgan fingerprint density at radius 1 is 1.38 bits per heavy atom. The molecule has 0 amide bonds. The number of aryl methyl sites for hydroxylation is 1. The van der Waals surface area contributed by atoms with Gasteiger partial charge in [-0.3, -0.25) is 10.1 Å². The van der Waals surface area contributed by atoms with E-state index >= 15 is 0 Å². The number of ether oxygens (including phenoxy) is 1. The van der Waals surface area contributed by atoms with Crippen LogP contribution in [0.4, 0.5) is 0 Å². The number of carbonyl (C=O) groups is 1. The summed E-state index contributed by atoms with van der Waals surface area (Å²) in [6, 6.07) is 10.0. The van der Waals surface area contributed by atoms with Gasteiger partial charge in [0.1, 0.15) is 10.7 Å². The first-order chi connectivity index (χ1) is 11.4. The van der Waals surface area contributed by atoms with E-state index < -0.39 is 5.54 Å². The maximum Gasteiger partial charge on any atom is 0.325 e. The number of benzene rings is 1. The number of rotatable bonds is 7. The van der Waals surface area contributed by atoms with Crippen LogP contribution < -0.4 is 5.32 Å². The molecule has 6 heteroatoms. The van der Waals surface area contributed by atoms with Crippen LogP contribution in [-0.2, 0) is 22.6 Å². The number of esters is 1. The van der Waals surface area contributed by atoms with Crippen molar-refractivity contribution in [2.45, 2.75) is 45.8 Å². The Morgan fingerprint density at radius 3 is 2.62 bits per heavy atom. The van der Waals surface area contributed by atoms with Crippen LogP contribution in [0.15, 0.2) is 30.3 Å². The van der Waals surface area contributed by atoms with Crippen molar-refractivity contribution in [3.8, 4) is 0 Å². The quantitative estimate of drug-likeness (QED) is 0.779. The highest BCUT2D eigenvalue weighted by Gasteiger charge is 2.32. The van der Waals surface area contributed by atoms with E-state index in [1.807, 2.05) is 51.1 Å². The monoisotopic (exact) mass is 349 g/mol. The lowest BCUT2D eigenvalue weighted by molar-refractivity contribution is -0.148. The van der Waals surface area contributed by atoms with Crippen molar-refractivity contribution in [3.63, 3.8) is 0 Å². The summed E-state index contributed by atoms with van der Waals surface area (Å²) in [6.07, 6.45) is 0.620. The second-order valence-corrected chi connectivity index (χ2v) is 6.39. The molecule has 0 radical (unpaired) electrons. The molecular formula is C18H24ClN3O2. The largest absolute Gasteiger partial charge is 0.468 e. The highest BCUT2D eigenvalue weighted by Crippen LogP contribution is 2.22. The van der Waals surface area contributed by atoms with Gasteiger partial charge in [-0.2, -0.15) is 5.10 Å². The summed E-state index contributed by atoms with van der Waals surface area (Å²) in [5, 5.41) is 8.37. The van der Waals surface area contributed by atoms with E-state index in [0.29, 0.717) is 24.7 Å². The molecule has 1 atom stereocenters. The van der Waals surface area contributed by atoms with Crippen LogP contribution in [-0.4, -0.2) is 28.4 Å². The summed E-state index contributed by atoms with van der Waals surface area (Å²) < 4.78 is 6.67. The normalized spacial score (nSPS) is 13.5. The molecule has 0 aliphatic carbocycles. The summed E-state index contributed by atoms with van der Waals surface area (Å²) in [5.41, 5.74) is 2.14. The molecule has 1 heterocycles. The molecule has 0 aliphatic heterocycles. The number of nitrogens with one attached hydrogen (secondary N) is 1. The van der Waals surface area contributed by atoms with E-state index in [-0.39, 0.29) is 5.97 Å². The third kappa shape index (κ3) is 3.97. The van der Waals surface area contributed by atoms with Crippen LogP contribution in [0.25, 0.3) is 0 Å². The lowest BCUT2D eigenvalue weighted by Gasteiger charge is -2.26. The predicted octanol–water partition coefficient (Wildman–Crippen LogP) is 3.32. The molecule has 1 unspecified atom stereocenters. The molecule has 2 rings (SSSR count). The van der Waals surface area contributed by atoms with Gasteiger partial charge in [-0.05, 0) is 25.8 Å². The summed E-state index contributed by atoms with van der Waals surface area (Å²) in [4.78, 5) is 12.0. The maximum atomic E-state index is 12.0. The van der Waals surface area contributed by atoms with Gasteiger partial charge in [0.05, 0.1) is 19.3 Å². The Morgan fingerprint density at radius 2 is 2.04 bits per heavy atom. The third-order valence-corrected chi connectivity index (χ3v) is 4.78. The van der Waals surface area contributed by atoms with E-state index in [1.165, 1.54) is 7.11 Å². The minimum Gasteiger partial charge on any atom is -0.468 e. The molecule has 0 bridgehead atoms. The molecule has 0 aliphatic rings. The summed E-state index contributed by atoms with van der Waals surface area (Å²) >= 11 is 6.51. The van der Waals surface area contributed by atoms with E-state index in [0.717, 1.165) is 16.8 Å². The van der Waals surface area contributed by atoms with Gasteiger partial charge in [-0.15, -0.1) is 0 Å². The van der Waals surface area contributed by atoms with Crippen molar-refractivity contribution in [3.05, 3.63) is 52.3 Å². The van der Waals surface area contributed by atoms with Crippen LogP contribution in [0, 0.1) is 6.92 Å². The van der Waals surface area contributed by atoms with Gasteiger partial charge >= 0.3 is 5.97 Å². The highest BCUT2D eigenvalue weighted by atomic mass is 35.5. The third-order valence-electron chi connectivity index (χ3n) is 4.36. The standard InChI is InChI=1S/C18H24ClN3O2/c1-5-18(3,17(23)24-4)20-11-15-13(2)21-22(16(15)19)12-14-9-7-6-8-10-14/h6-10,20H,5,11-12H2,1-4H3. The molecule has 0 fully saturated rings. The van der Waals surface area contributed by atoms with Gasteiger partial charge in [0, 0.05) is 12.1 Å². The van der Waals surface area contributed by atoms with E-state index in [1.54, 1.807) is 4.68 Å². The van der Waals surface area contributed by atoms with Crippen molar-refractivity contribution < 1.29 is 9.53 Å². The van der Waals surface area contributed by atoms with Crippen LogP contribution in [0.5, 0.6) is 0 Å². The van der Waals surface area contributed by atoms with Crippen molar-refractivity contribution in [1.29, 1.82) is 0 Å². The lowest BCUT2D eigenvalue weighted by Crippen LogP contribution is -2.49. The summed E-state index contributed by atoms with van der Waals surface area (Å²) in [6.45, 7) is 6.76. The highest BCUT2D eigenvalue weighted by molar-refractivity contribution is 6.30. The Bertz CT molecular complexity index is 700. The Labute approximate surface area is 148 Å². The minimum absolute atomic E-state index is 0.282. The molecule has 1 aromatic heterocycles. The number of aromatic nitrogens is 2. The van der Waals surface area contributed by atoms with Crippen molar-refractivity contribution in [1.82, 2.24) is 15.1 Å². The number of carbonyl (C=O) groups excluding carboxylic acids is 1. The number of nitrogens with zero attached hydrogens (tertiary/aromatic N) is 2.